The Morgan fingerprint density at radius 1 is 1.32 bits per heavy atom. The van der Waals surface area contributed by atoms with E-state index in [2.05, 4.69) is 4.98 Å². The van der Waals surface area contributed by atoms with Crippen LogP contribution in [0.25, 0.3) is 0 Å². The number of hydrogen-bond acceptors (Lipinski definition) is 5. The molecule has 0 spiro atoms. The van der Waals surface area contributed by atoms with Gasteiger partial charge < -0.3 is 15.7 Å². The van der Waals surface area contributed by atoms with Gasteiger partial charge in [0, 0.05) is 26.1 Å². The Labute approximate surface area is 128 Å². The first-order chi connectivity index (χ1) is 10.4. The highest BCUT2D eigenvalue weighted by Gasteiger charge is 2.17. The van der Waals surface area contributed by atoms with Crippen LogP contribution in [-0.4, -0.2) is 33.7 Å². The second kappa shape index (κ2) is 8.26. The molecule has 22 heavy (non-hydrogen) atoms. The van der Waals surface area contributed by atoms with E-state index >= 15 is 0 Å². The second-order valence-corrected chi connectivity index (χ2v) is 5.08. The maximum absolute atomic E-state index is 12.1. The number of nitrogens with two attached hydrogens (primary N) is 1. The summed E-state index contributed by atoms with van der Waals surface area (Å²) < 4.78 is 1.36. The summed E-state index contributed by atoms with van der Waals surface area (Å²) in [5.74, 6) is -0.745. The lowest BCUT2D eigenvalue weighted by molar-refractivity contribution is -0.137. The molecule has 0 atom stereocenters. The minimum Gasteiger partial charge on any atom is -0.481 e. The van der Waals surface area contributed by atoms with Crippen LogP contribution < -0.4 is 21.9 Å². The smallest absolute Gasteiger partial charge is 0.330 e. The van der Waals surface area contributed by atoms with Crippen molar-refractivity contribution in [1.82, 2.24) is 9.55 Å². The summed E-state index contributed by atoms with van der Waals surface area (Å²) in [6, 6.07) is 0. The van der Waals surface area contributed by atoms with E-state index in [1.165, 1.54) is 4.57 Å². The molecular formula is C14H24N4O4. The maximum Gasteiger partial charge on any atom is 0.330 e. The summed E-state index contributed by atoms with van der Waals surface area (Å²) in [5.41, 5.74) is 5.21. The van der Waals surface area contributed by atoms with Crippen LogP contribution in [0, 0.1) is 0 Å². The van der Waals surface area contributed by atoms with Gasteiger partial charge in [0.2, 0.25) is 0 Å². The monoisotopic (exact) mass is 312 g/mol. The summed E-state index contributed by atoms with van der Waals surface area (Å²) in [6.45, 7) is 5.18. The molecule has 0 amide bonds. The van der Waals surface area contributed by atoms with Crippen molar-refractivity contribution >= 4 is 17.5 Å². The van der Waals surface area contributed by atoms with Gasteiger partial charge in [0.05, 0.1) is 0 Å². The number of nitrogen functional groups attached to an aromatic ring is 1. The quantitative estimate of drug-likeness (QED) is 0.614. The van der Waals surface area contributed by atoms with Gasteiger partial charge in [-0.2, -0.15) is 0 Å². The minimum absolute atomic E-state index is 0.0176. The number of carboxylic acids is 1. The van der Waals surface area contributed by atoms with Crippen LogP contribution >= 0.6 is 0 Å². The largest absolute Gasteiger partial charge is 0.481 e. The molecule has 0 aliphatic rings. The number of aromatic nitrogens is 2. The van der Waals surface area contributed by atoms with Gasteiger partial charge in [0.25, 0.3) is 5.56 Å². The fourth-order valence-electron chi connectivity index (χ4n) is 2.27. The van der Waals surface area contributed by atoms with Crippen LogP contribution in [0.3, 0.4) is 0 Å². The van der Waals surface area contributed by atoms with Gasteiger partial charge in [-0.05, 0) is 19.8 Å². The summed E-state index contributed by atoms with van der Waals surface area (Å²) in [7, 11) is 0. The van der Waals surface area contributed by atoms with E-state index in [0.29, 0.717) is 26.1 Å². The molecule has 8 nitrogen and oxygen atoms in total. The minimum atomic E-state index is -0.883. The molecule has 0 radical (unpaired) electrons. The average Bonchev–Trinajstić information content (AvgIpc) is 2.44. The Morgan fingerprint density at radius 3 is 2.55 bits per heavy atom. The first-order valence-electron chi connectivity index (χ1n) is 7.51. The van der Waals surface area contributed by atoms with Crippen LogP contribution in [0.2, 0.25) is 0 Å². The summed E-state index contributed by atoms with van der Waals surface area (Å²) in [5, 5.41) is 8.70. The third-order valence-electron chi connectivity index (χ3n) is 3.47. The van der Waals surface area contributed by atoms with Crippen LogP contribution in [0.15, 0.2) is 9.59 Å². The third kappa shape index (κ3) is 4.37. The number of rotatable bonds is 9. The molecule has 0 fully saturated rings. The second-order valence-electron chi connectivity index (χ2n) is 5.08. The van der Waals surface area contributed by atoms with Crippen LogP contribution in [-0.2, 0) is 11.3 Å². The molecule has 0 aliphatic carbocycles. The fraction of sp³-hybridized carbons (Fsp3) is 0.643. The Bertz CT molecular complexity index is 620. The molecule has 0 unspecified atom stereocenters. The number of carboxylic acid groups (broad SMARTS) is 1. The van der Waals surface area contributed by atoms with E-state index in [9.17, 15) is 14.4 Å². The van der Waals surface area contributed by atoms with E-state index in [0.717, 1.165) is 12.8 Å². The Balaban J connectivity index is 3.12. The zero-order valence-corrected chi connectivity index (χ0v) is 13.1. The van der Waals surface area contributed by atoms with Crippen molar-refractivity contribution in [3.8, 4) is 0 Å². The van der Waals surface area contributed by atoms with Crippen molar-refractivity contribution in [2.75, 3.05) is 23.7 Å². The van der Waals surface area contributed by atoms with E-state index in [4.69, 9.17) is 10.8 Å². The molecule has 1 aromatic heterocycles. The molecule has 1 rings (SSSR count). The number of carbonyl (C=O) groups is 1. The van der Waals surface area contributed by atoms with E-state index in [1.54, 1.807) is 4.90 Å². The molecule has 0 aliphatic heterocycles. The normalized spacial score (nSPS) is 10.6. The lowest BCUT2D eigenvalue weighted by Crippen LogP contribution is -2.39. The predicted molar refractivity (Wildman–Crippen MR) is 85.4 cm³/mol. The maximum atomic E-state index is 12.1. The molecule has 0 bridgehead atoms. The number of nitrogens with one attached hydrogen (secondary N) is 1. The van der Waals surface area contributed by atoms with Crippen molar-refractivity contribution in [1.29, 1.82) is 0 Å². The predicted octanol–water partition coefficient (Wildman–Crippen LogP) is 0.610. The highest BCUT2D eigenvalue weighted by molar-refractivity contribution is 5.67. The number of unbranched alkanes of at least 4 members (excludes halogenated alkanes) is 1. The molecule has 0 saturated heterocycles. The van der Waals surface area contributed by atoms with Crippen molar-refractivity contribution in [3.63, 3.8) is 0 Å². The SMILES string of the molecule is CCCCn1c(N)c(N(CC)CCCC(=O)O)c(=O)[nH]c1=O. The Morgan fingerprint density at radius 2 is 2.00 bits per heavy atom. The standard InChI is InChI=1S/C14H24N4O4/c1-3-5-9-18-12(15)11(13(21)16-14(18)22)17(4-2)8-6-7-10(19)20/h3-9,15H2,1-2H3,(H,19,20)(H,16,21,22). The van der Waals surface area contributed by atoms with Gasteiger partial charge in [-0.15, -0.1) is 0 Å². The fourth-order valence-corrected chi connectivity index (χ4v) is 2.27. The lowest BCUT2D eigenvalue weighted by Gasteiger charge is -2.24. The third-order valence-corrected chi connectivity index (χ3v) is 3.47. The van der Waals surface area contributed by atoms with Crippen molar-refractivity contribution in [3.05, 3.63) is 20.8 Å². The average molecular weight is 312 g/mol. The first kappa shape index (κ1) is 17.8. The molecule has 0 aromatic carbocycles. The van der Waals surface area contributed by atoms with E-state index < -0.39 is 17.2 Å². The Kier molecular flexibility index (Phi) is 6.68. The van der Waals surface area contributed by atoms with E-state index in [1.807, 2.05) is 13.8 Å². The van der Waals surface area contributed by atoms with E-state index in [-0.39, 0.29) is 17.9 Å². The number of aliphatic carboxylic acids is 1. The number of H-pyrrole nitrogens is 1. The molecule has 4 N–H and O–H groups in total. The molecule has 1 heterocycles. The number of aromatic amines is 1. The van der Waals surface area contributed by atoms with Gasteiger partial charge >= 0.3 is 11.7 Å². The molecule has 8 heteroatoms. The number of anilines is 2. The van der Waals surface area contributed by atoms with Crippen molar-refractivity contribution < 1.29 is 9.90 Å². The summed E-state index contributed by atoms with van der Waals surface area (Å²) in [4.78, 5) is 38.5. The van der Waals surface area contributed by atoms with Crippen LogP contribution in [0.4, 0.5) is 11.5 Å². The Hall–Kier alpha value is -2.25. The first-order valence-corrected chi connectivity index (χ1v) is 7.51. The highest BCUT2D eigenvalue weighted by Crippen LogP contribution is 2.17. The molecule has 1 aromatic rings. The van der Waals surface area contributed by atoms with Gasteiger partial charge in [-0.3, -0.25) is 19.1 Å². The zero-order chi connectivity index (χ0) is 16.7. The van der Waals surface area contributed by atoms with Crippen LogP contribution in [0.5, 0.6) is 0 Å². The molecule has 124 valence electrons. The van der Waals surface area contributed by atoms with Gasteiger partial charge in [0.15, 0.2) is 0 Å². The van der Waals surface area contributed by atoms with Gasteiger partial charge in [0.1, 0.15) is 11.5 Å². The topological polar surface area (TPSA) is 121 Å². The lowest BCUT2D eigenvalue weighted by atomic mass is 10.2. The highest BCUT2D eigenvalue weighted by atomic mass is 16.4. The molecular weight excluding hydrogens is 288 g/mol. The zero-order valence-electron chi connectivity index (χ0n) is 13.1. The summed E-state index contributed by atoms with van der Waals surface area (Å²) in [6.07, 6.45) is 2.09. The van der Waals surface area contributed by atoms with Crippen molar-refractivity contribution in [2.45, 2.75) is 46.1 Å². The van der Waals surface area contributed by atoms with Gasteiger partial charge in [-0.25, -0.2) is 4.79 Å². The van der Waals surface area contributed by atoms with Crippen LogP contribution in [0.1, 0.15) is 39.5 Å². The summed E-state index contributed by atoms with van der Waals surface area (Å²) >= 11 is 0. The van der Waals surface area contributed by atoms with Gasteiger partial charge in [-0.1, -0.05) is 13.3 Å². The molecule has 0 saturated carbocycles. The number of hydrogen-bond donors (Lipinski definition) is 3. The number of nitrogens with zero attached hydrogens (tertiary/aromatic N) is 2. The van der Waals surface area contributed by atoms with Crippen molar-refractivity contribution in [2.24, 2.45) is 0 Å².